The highest BCUT2D eigenvalue weighted by atomic mass is 16.6. The van der Waals surface area contributed by atoms with Crippen molar-refractivity contribution in [3.63, 3.8) is 0 Å². The molecule has 6 aromatic rings. The summed E-state index contributed by atoms with van der Waals surface area (Å²) in [6.45, 7) is 10.0. The van der Waals surface area contributed by atoms with E-state index in [1.807, 2.05) is 45.0 Å². The summed E-state index contributed by atoms with van der Waals surface area (Å²) in [6.07, 6.45) is 1.73. The van der Waals surface area contributed by atoms with Gasteiger partial charge in [-0.3, -0.25) is 19.7 Å². The van der Waals surface area contributed by atoms with Crippen LogP contribution >= 0.6 is 0 Å². The number of aldehydes is 2. The summed E-state index contributed by atoms with van der Waals surface area (Å²) in [4.78, 5) is 40.7. The average molecular weight is 558 g/mol. The maximum atomic E-state index is 11.6. The van der Waals surface area contributed by atoms with Gasteiger partial charge in [-0.2, -0.15) is 0 Å². The number of carbonyl (C=O) groups is 2. The molecule has 4 aromatic carbocycles. The van der Waals surface area contributed by atoms with Gasteiger partial charge >= 0.3 is 0 Å². The Morgan fingerprint density at radius 3 is 1.48 bits per heavy atom. The Hall–Kier alpha value is -5.30. The topological polar surface area (TPSA) is 109 Å². The summed E-state index contributed by atoms with van der Waals surface area (Å²) < 4.78 is 0. The van der Waals surface area contributed by atoms with Crippen LogP contribution in [0.15, 0.2) is 72.8 Å². The maximum absolute atomic E-state index is 11.6. The molecule has 0 amide bonds. The first-order valence-electron chi connectivity index (χ1n) is 13.6. The predicted octanol–water partition coefficient (Wildman–Crippen LogP) is 8.75. The van der Waals surface area contributed by atoms with Gasteiger partial charge in [0.15, 0.2) is 12.6 Å². The zero-order chi connectivity index (χ0) is 30.1. The first-order chi connectivity index (χ1) is 20.2. The van der Waals surface area contributed by atoms with Crippen molar-refractivity contribution < 1.29 is 14.5 Å². The minimum atomic E-state index is -0.435. The summed E-state index contributed by atoms with van der Waals surface area (Å²) in [5, 5.41) is 13.1. The normalized spacial score (nSPS) is 10.9. The van der Waals surface area contributed by atoms with E-state index in [1.165, 1.54) is 6.07 Å². The van der Waals surface area contributed by atoms with E-state index in [4.69, 9.17) is 0 Å². The number of nitrogens with zero attached hydrogens (tertiary/aromatic N) is 1. The molecule has 0 atom stereocenters. The number of aromatic amines is 2. The third kappa shape index (κ3) is 4.79. The molecule has 7 heteroatoms. The number of para-hydroxylation sites is 1. The Bertz CT molecular complexity index is 2010. The van der Waals surface area contributed by atoms with Crippen LogP contribution in [0.3, 0.4) is 0 Å². The minimum Gasteiger partial charge on any atom is -0.354 e. The molecule has 0 radical (unpaired) electrons. The third-order valence-electron chi connectivity index (χ3n) is 7.84. The summed E-state index contributed by atoms with van der Waals surface area (Å²) >= 11 is 0. The van der Waals surface area contributed by atoms with E-state index in [9.17, 15) is 19.7 Å². The van der Waals surface area contributed by atoms with Gasteiger partial charge in [0.25, 0.3) is 5.69 Å². The SMILES string of the molecule is Cc1ccc(C)c2c(C=O)c(-c3ccccc3[N+](=O)[O-])[nH]c12.Cc1ccccc1-c1[nH]c2c(C)ccc(C)c2c1C=O. The monoisotopic (exact) mass is 557 g/mol. The standard InChI is InChI=1S/C18H17NO.C17H14N2O3/c1-11-6-4-5-7-14(11)18-15(10-20)16-12(2)8-9-13(3)17(16)19-18;1-10-7-8-11(2)16-15(10)13(9-20)17(18-16)12-5-3-4-6-14(12)19(21)22/h4-10,19H,1-3H3;3-9,18H,1-2H3. The highest BCUT2D eigenvalue weighted by molar-refractivity contribution is 6.08. The molecule has 0 saturated carbocycles. The Morgan fingerprint density at radius 1 is 0.571 bits per heavy atom. The third-order valence-corrected chi connectivity index (χ3v) is 7.84. The van der Waals surface area contributed by atoms with Crippen LogP contribution in [0.1, 0.15) is 48.5 Å². The Labute approximate surface area is 243 Å². The van der Waals surface area contributed by atoms with Crippen molar-refractivity contribution in [2.75, 3.05) is 0 Å². The van der Waals surface area contributed by atoms with Crippen molar-refractivity contribution in [3.8, 4) is 22.5 Å². The van der Waals surface area contributed by atoms with Gasteiger partial charge in [-0.15, -0.1) is 0 Å². The van der Waals surface area contributed by atoms with Gasteiger partial charge in [-0.05, 0) is 68.5 Å². The van der Waals surface area contributed by atoms with Crippen LogP contribution in [-0.2, 0) is 0 Å². The van der Waals surface area contributed by atoms with Crippen LogP contribution in [0.5, 0.6) is 0 Å². The molecule has 0 spiro atoms. The number of nitro groups is 1. The van der Waals surface area contributed by atoms with Gasteiger partial charge in [0.05, 0.1) is 21.9 Å². The van der Waals surface area contributed by atoms with Crippen molar-refractivity contribution in [2.24, 2.45) is 0 Å². The number of aryl methyl sites for hydroxylation is 5. The Kier molecular flexibility index (Phi) is 7.59. The molecule has 2 aromatic heterocycles. The summed E-state index contributed by atoms with van der Waals surface area (Å²) in [6, 6.07) is 22.6. The lowest BCUT2D eigenvalue weighted by Crippen LogP contribution is -1.93. The number of benzene rings is 4. The van der Waals surface area contributed by atoms with E-state index in [0.717, 1.165) is 79.0 Å². The average Bonchev–Trinajstić information content (AvgIpc) is 3.58. The molecule has 210 valence electrons. The van der Waals surface area contributed by atoms with E-state index in [-0.39, 0.29) is 5.69 Å². The summed E-state index contributed by atoms with van der Waals surface area (Å²) in [5.41, 5.74) is 11.4. The molecule has 7 nitrogen and oxygen atoms in total. The molecular formula is C35H31N3O4. The van der Waals surface area contributed by atoms with Gasteiger partial charge in [-0.1, -0.05) is 60.7 Å². The molecular weight excluding hydrogens is 526 g/mol. The molecule has 42 heavy (non-hydrogen) atoms. The highest BCUT2D eigenvalue weighted by Crippen LogP contribution is 2.37. The van der Waals surface area contributed by atoms with E-state index in [2.05, 4.69) is 48.1 Å². The van der Waals surface area contributed by atoms with Crippen LogP contribution in [0, 0.1) is 44.7 Å². The second-order valence-electron chi connectivity index (χ2n) is 10.6. The van der Waals surface area contributed by atoms with Gasteiger partial charge < -0.3 is 9.97 Å². The van der Waals surface area contributed by atoms with Crippen molar-refractivity contribution in [2.45, 2.75) is 34.6 Å². The smallest absolute Gasteiger partial charge is 0.278 e. The van der Waals surface area contributed by atoms with Crippen molar-refractivity contribution in [1.29, 1.82) is 0 Å². The molecule has 0 unspecified atom stereocenters. The summed E-state index contributed by atoms with van der Waals surface area (Å²) in [5.74, 6) is 0. The molecule has 0 bridgehead atoms. The number of aromatic nitrogens is 2. The Morgan fingerprint density at radius 2 is 1.00 bits per heavy atom. The molecule has 0 aliphatic heterocycles. The molecule has 6 rings (SSSR count). The second kappa shape index (κ2) is 11.3. The number of nitrogens with one attached hydrogen (secondary N) is 2. The molecule has 0 aliphatic carbocycles. The lowest BCUT2D eigenvalue weighted by atomic mass is 9.99. The Balaban J connectivity index is 0.000000169. The van der Waals surface area contributed by atoms with E-state index in [0.29, 0.717) is 16.8 Å². The fourth-order valence-corrected chi connectivity index (χ4v) is 5.63. The largest absolute Gasteiger partial charge is 0.354 e. The van der Waals surface area contributed by atoms with Crippen molar-refractivity contribution in [3.05, 3.63) is 122 Å². The van der Waals surface area contributed by atoms with Crippen LogP contribution in [-0.4, -0.2) is 27.5 Å². The number of hydrogen-bond donors (Lipinski definition) is 2. The minimum absolute atomic E-state index is 0.0209. The number of carbonyl (C=O) groups excluding carboxylic acids is 2. The zero-order valence-electron chi connectivity index (χ0n) is 24.2. The summed E-state index contributed by atoms with van der Waals surface area (Å²) in [7, 11) is 0. The van der Waals surface area contributed by atoms with Crippen molar-refractivity contribution >= 4 is 40.1 Å². The number of H-pyrrole nitrogens is 2. The first kappa shape index (κ1) is 28.2. The van der Waals surface area contributed by atoms with Gasteiger partial charge in [-0.25, -0.2) is 0 Å². The van der Waals surface area contributed by atoms with Gasteiger partial charge in [0, 0.05) is 44.6 Å². The van der Waals surface area contributed by atoms with Crippen LogP contribution in [0.25, 0.3) is 44.3 Å². The molecule has 2 heterocycles. The second-order valence-corrected chi connectivity index (χ2v) is 10.6. The van der Waals surface area contributed by atoms with E-state index >= 15 is 0 Å². The van der Waals surface area contributed by atoms with Gasteiger partial charge in [0.1, 0.15) is 0 Å². The molecule has 0 fully saturated rings. The fraction of sp³-hybridized carbons (Fsp3) is 0.143. The maximum Gasteiger partial charge on any atom is 0.278 e. The molecule has 0 aliphatic rings. The first-order valence-corrected chi connectivity index (χ1v) is 13.6. The number of rotatable bonds is 5. The fourth-order valence-electron chi connectivity index (χ4n) is 5.63. The van der Waals surface area contributed by atoms with Crippen LogP contribution < -0.4 is 0 Å². The quantitative estimate of drug-likeness (QED) is 0.125. The van der Waals surface area contributed by atoms with Crippen molar-refractivity contribution in [1.82, 2.24) is 9.97 Å². The zero-order valence-corrected chi connectivity index (χ0v) is 24.2. The molecule has 0 saturated heterocycles. The number of nitro benzene ring substituents is 1. The van der Waals surface area contributed by atoms with Gasteiger partial charge in [0.2, 0.25) is 0 Å². The van der Waals surface area contributed by atoms with E-state index < -0.39 is 4.92 Å². The lowest BCUT2D eigenvalue weighted by molar-refractivity contribution is -0.384. The van der Waals surface area contributed by atoms with E-state index in [1.54, 1.807) is 18.2 Å². The lowest BCUT2D eigenvalue weighted by Gasteiger charge is -2.04. The van der Waals surface area contributed by atoms with Crippen LogP contribution in [0.2, 0.25) is 0 Å². The number of hydrogen-bond acceptors (Lipinski definition) is 4. The molecule has 2 N–H and O–H groups in total. The van der Waals surface area contributed by atoms with Crippen LogP contribution in [0.4, 0.5) is 5.69 Å². The predicted molar refractivity (Wildman–Crippen MR) is 169 cm³/mol. The number of fused-ring (bicyclic) bond motifs is 2. The highest BCUT2D eigenvalue weighted by Gasteiger charge is 2.22.